The van der Waals surface area contributed by atoms with Gasteiger partial charge in [0.25, 0.3) is 0 Å². The van der Waals surface area contributed by atoms with Crippen molar-refractivity contribution in [1.82, 2.24) is 14.9 Å². The van der Waals surface area contributed by atoms with Crippen LogP contribution in [0.15, 0.2) is 29.9 Å². The summed E-state index contributed by atoms with van der Waals surface area (Å²) < 4.78 is 5.73. The minimum Gasteiger partial charge on any atom is -0.378 e. The molecule has 2 aromatic heterocycles. The highest BCUT2D eigenvalue weighted by molar-refractivity contribution is 7.13. The number of thiazole rings is 1. The highest BCUT2D eigenvalue weighted by atomic mass is 32.1. The van der Waals surface area contributed by atoms with E-state index in [1.165, 1.54) is 12.8 Å². The van der Waals surface area contributed by atoms with Crippen molar-refractivity contribution in [2.75, 3.05) is 20.2 Å². The van der Waals surface area contributed by atoms with Crippen LogP contribution in [0.25, 0.3) is 10.6 Å². The summed E-state index contributed by atoms with van der Waals surface area (Å²) in [6.45, 7) is 1.63. The number of carbonyl (C=O) groups is 1. The number of carbonyl (C=O) groups excluding carboxylic acids is 1. The minimum atomic E-state index is 0.175. The van der Waals surface area contributed by atoms with Crippen LogP contribution in [0.2, 0.25) is 0 Å². The molecule has 1 atom stereocenters. The van der Waals surface area contributed by atoms with Gasteiger partial charge in [0.1, 0.15) is 5.01 Å². The zero-order chi connectivity index (χ0) is 17.5. The van der Waals surface area contributed by atoms with Gasteiger partial charge in [-0.1, -0.05) is 0 Å². The molecule has 0 radical (unpaired) electrons. The topological polar surface area (TPSA) is 55.3 Å². The minimum absolute atomic E-state index is 0.175. The van der Waals surface area contributed by atoms with Gasteiger partial charge >= 0.3 is 0 Å². The van der Waals surface area contributed by atoms with Crippen LogP contribution in [-0.4, -0.2) is 47.1 Å². The Kier molecular flexibility index (Phi) is 6.53. The molecule has 6 heteroatoms. The van der Waals surface area contributed by atoms with Crippen LogP contribution in [0, 0.1) is 0 Å². The van der Waals surface area contributed by atoms with Crippen molar-refractivity contribution in [2.45, 2.75) is 44.6 Å². The number of aryl methyl sites for hydroxylation is 1. The molecule has 5 nitrogen and oxygen atoms in total. The number of aromatic nitrogens is 2. The van der Waals surface area contributed by atoms with Crippen LogP contribution in [0.4, 0.5) is 0 Å². The molecule has 1 aliphatic rings. The van der Waals surface area contributed by atoms with E-state index >= 15 is 0 Å². The highest BCUT2D eigenvalue weighted by Gasteiger charge is 2.16. The SMILES string of the molecule is CN(CCC1CCCCO1)C(=O)CCc1csc(-c2ccncc2)n1. The number of pyridine rings is 1. The molecule has 1 saturated heterocycles. The van der Waals surface area contributed by atoms with Gasteiger partial charge in [0.15, 0.2) is 0 Å². The molecular weight excluding hydrogens is 334 g/mol. The number of amides is 1. The second-order valence-electron chi connectivity index (χ2n) is 6.47. The third-order valence-electron chi connectivity index (χ3n) is 4.56. The summed E-state index contributed by atoms with van der Waals surface area (Å²) in [6.07, 6.45) is 9.52. The Morgan fingerprint density at radius 3 is 2.96 bits per heavy atom. The Bertz CT molecular complexity index is 668. The summed E-state index contributed by atoms with van der Waals surface area (Å²) in [4.78, 5) is 22.8. The first kappa shape index (κ1) is 18.0. The molecule has 0 spiro atoms. The standard InChI is InChI=1S/C19H25N3O2S/c1-22(12-9-17-4-2-3-13-24-17)18(23)6-5-16-14-25-19(21-16)15-7-10-20-11-8-15/h7-8,10-11,14,17H,2-6,9,12-13H2,1H3. The van der Waals surface area contributed by atoms with Gasteiger partial charge in [0.2, 0.25) is 5.91 Å². The first-order valence-corrected chi connectivity index (χ1v) is 9.80. The van der Waals surface area contributed by atoms with Gasteiger partial charge in [0.05, 0.1) is 11.8 Å². The molecule has 0 aliphatic carbocycles. The lowest BCUT2D eigenvalue weighted by molar-refractivity contribution is -0.130. The Hall–Kier alpha value is -1.79. The molecule has 0 bridgehead atoms. The molecule has 3 rings (SSSR count). The molecule has 0 N–H and O–H groups in total. The number of rotatable bonds is 7. The first-order valence-electron chi connectivity index (χ1n) is 8.93. The second-order valence-corrected chi connectivity index (χ2v) is 7.33. The summed E-state index contributed by atoms with van der Waals surface area (Å²) in [5.41, 5.74) is 2.05. The first-order chi connectivity index (χ1) is 12.2. The van der Waals surface area contributed by atoms with Gasteiger partial charge in [-0.25, -0.2) is 4.98 Å². The van der Waals surface area contributed by atoms with Gasteiger partial charge in [0, 0.05) is 50.0 Å². The molecule has 1 unspecified atom stereocenters. The van der Waals surface area contributed by atoms with Crippen molar-refractivity contribution in [3.05, 3.63) is 35.6 Å². The zero-order valence-electron chi connectivity index (χ0n) is 14.7. The van der Waals surface area contributed by atoms with E-state index in [2.05, 4.69) is 9.97 Å². The molecule has 134 valence electrons. The van der Waals surface area contributed by atoms with E-state index in [-0.39, 0.29) is 5.91 Å². The summed E-state index contributed by atoms with van der Waals surface area (Å²) >= 11 is 1.61. The number of hydrogen-bond acceptors (Lipinski definition) is 5. The van der Waals surface area contributed by atoms with Crippen LogP contribution in [0.1, 0.15) is 37.8 Å². The van der Waals surface area contributed by atoms with Crippen molar-refractivity contribution < 1.29 is 9.53 Å². The van der Waals surface area contributed by atoms with E-state index in [4.69, 9.17) is 4.74 Å². The summed E-state index contributed by atoms with van der Waals surface area (Å²) in [6, 6.07) is 3.91. The van der Waals surface area contributed by atoms with Gasteiger partial charge in [-0.15, -0.1) is 11.3 Å². The predicted molar refractivity (Wildman–Crippen MR) is 99.5 cm³/mol. The van der Waals surface area contributed by atoms with Gasteiger partial charge in [-0.3, -0.25) is 9.78 Å². The average Bonchev–Trinajstić information content (AvgIpc) is 3.15. The second kappa shape index (κ2) is 9.06. The molecule has 1 fully saturated rings. The summed E-state index contributed by atoms with van der Waals surface area (Å²) in [7, 11) is 1.88. The maximum atomic E-state index is 12.3. The third kappa shape index (κ3) is 5.34. The smallest absolute Gasteiger partial charge is 0.222 e. The molecule has 2 aromatic rings. The van der Waals surface area contributed by atoms with Crippen molar-refractivity contribution in [3.63, 3.8) is 0 Å². The average molecular weight is 359 g/mol. The van der Waals surface area contributed by atoms with E-state index in [1.807, 2.05) is 29.5 Å². The fourth-order valence-electron chi connectivity index (χ4n) is 2.97. The monoisotopic (exact) mass is 359 g/mol. The number of ether oxygens (including phenoxy) is 1. The molecule has 0 saturated carbocycles. The quantitative estimate of drug-likeness (QED) is 0.758. The lowest BCUT2D eigenvalue weighted by Crippen LogP contribution is -2.31. The summed E-state index contributed by atoms with van der Waals surface area (Å²) in [5, 5.41) is 3.02. The Morgan fingerprint density at radius 1 is 1.36 bits per heavy atom. The maximum Gasteiger partial charge on any atom is 0.222 e. The Balaban J connectivity index is 1.43. The van der Waals surface area contributed by atoms with E-state index in [0.29, 0.717) is 18.9 Å². The molecule has 1 aliphatic heterocycles. The molecule has 3 heterocycles. The van der Waals surface area contributed by atoms with Crippen LogP contribution in [0.3, 0.4) is 0 Å². The fraction of sp³-hybridized carbons (Fsp3) is 0.526. The lowest BCUT2D eigenvalue weighted by atomic mass is 10.1. The molecule has 1 amide bonds. The highest BCUT2D eigenvalue weighted by Crippen LogP contribution is 2.23. The lowest BCUT2D eigenvalue weighted by Gasteiger charge is -2.25. The molecule has 25 heavy (non-hydrogen) atoms. The van der Waals surface area contributed by atoms with Crippen molar-refractivity contribution in [2.24, 2.45) is 0 Å². The van der Waals surface area contributed by atoms with Crippen molar-refractivity contribution in [1.29, 1.82) is 0 Å². The largest absolute Gasteiger partial charge is 0.378 e. The molecule has 0 aromatic carbocycles. The normalized spacial score (nSPS) is 17.4. The Labute approximate surface area is 153 Å². The van der Waals surface area contributed by atoms with Crippen molar-refractivity contribution >= 4 is 17.2 Å². The van der Waals surface area contributed by atoms with E-state index in [9.17, 15) is 4.79 Å². The Morgan fingerprint density at radius 2 is 2.20 bits per heavy atom. The zero-order valence-corrected chi connectivity index (χ0v) is 15.5. The van der Waals surface area contributed by atoms with Gasteiger partial charge in [-0.2, -0.15) is 0 Å². The van der Waals surface area contributed by atoms with Crippen LogP contribution in [-0.2, 0) is 16.0 Å². The summed E-state index contributed by atoms with van der Waals surface area (Å²) in [5.74, 6) is 0.175. The third-order valence-corrected chi connectivity index (χ3v) is 5.50. The van der Waals surface area contributed by atoms with E-state index in [1.54, 1.807) is 23.7 Å². The number of nitrogens with zero attached hydrogens (tertiary/aromatic N) is 3. The van der Waals surface area contributed by atoms with E-state index < -0.39 is 0 Å². The van der Waals surface area contributed by atoms with Crippen LogP contribution < -0.4 is 0 Å². The van der Waals surface area contributed by atoms with Crippen molar-refractivity contribution in [3.8, 4) is 10.6 Å². The van der Waals surface area contributed by atoms with Crippen LogP contribution >= 0.6 is 11.3 Å². The van der Waals surface area contributed by atoms with E-state index in [0.717, 1.165) is 42.3 Å². The molecular formula is C19H25N3O2S. The fourth-order valence-corrected chi connectivity index (χ4v) is 3.83. The van der Waals surface area contributed by atoms with Gasteiger partial charge in [-0.05, 0) is 44.2 Å². The predicted octanol–water partition coefficient (Wildman–Crippen LogP) is 3.56. The van der Waals surface area contributed by atoms with Gasteiger partial charge < -0.3 is 9.64 Å². The maximum absolute atomic E-state index is 12.3. The van der Waals surface area contributed by atoms with Crippen LogP contribution in [0.5, 0.6) is 0 Å². The number of hydrogen-bond donors (Lipinski definition) is 0.